The van der Waals surface area contributed by atoms with E-state index in [1.807, 2.05) is 26.1 Å². The van der Waals surface area contributed by atoms with Crippen LogP contribution in [0.25, 0.3) is 0 Å². The van der Waals surface area contributed by atoms with Crippen molar-refractivity contribution in [2.24, 2.45) is 0 Å². The monoisotopic (exact) mass is 251 g/mol. The Morgan fingerprint density at radius 1 is 1.33 bits per heavy atom. The van der Waals surface area contributed by atoms with E-state index in [-0.39, 0.29) is 11.9 Å². The highest BCUT2D eigenvalue weighted by atomic mass is 16.3. The molecule has 3 nitrogen and oxygen atoms in total. The van der Waals surface area contributed by atoms with Gasteiger partial charge in [-0.05, 0) is 25.5 Å². The molecule has 102 valence electrons. The first-order valence-corrected chi connectivity index (χ1v) is 6.95. The van der Waals surface area contributed by atoms with Crippen LogP contribution in [0.15, 0.2) is 22.8 Å². The molecule has 0 aliphatic rings. The lowest BCUT2D eigenvalue weighted by atomic mass is 10.1. The molecule has 1 amide bonds. The van der Waals surface area contributed by atoms with E-state index in [2.05, 4.69) is 6.92 Å². The largest absolute Gasteiger partial charge is 0.467 e. The SMILES string of the molecule is CCCCCCCC(=O)N(C)C(C)c1ccco1. The molecular formula is C15H25NO2. The van der Waals surface area contributed by atoms with Crippen LogP contribution in [0, 0.1) is 0 Å². The lowest BCUT2D eigenvalue weighted by Crippen LogP contribution is -2.29. The van der Waals surface area contributed by atoms with E-state index in [1.54, 1.807) is 11.2 Å². The topological polar surface area (TPSA) is 33.5 Å². The summed E-state index contributed by atoms with van der Waals surface area (Å²) in [6.45, 7) is 4.19. The summed E-state index contributed by atoms with van der Waals surface area (Å²) in [5.74, 6) is 1.05. The molecule has 0 saturated heterocycles. The first kappa shape index (κ1) is 14.8. The number of nitrogens with zero attached hydrogens (tertiary/aromatic N) is 1. The average molecular weight is 251 g/mol. The van der Waals surface area contributed by atoms with Gasteiger partial charge in [-0.3, -0.25) is 4.79 Å². The van der Waals surface area contributed by atoms with Gasteiger partial charge in [0.25, 0.3) is 0 Å². The molecule has 0 spiro atoms. The van der Waals surface area contributed by atoms with Crippen LogP contribution < -0.4 is 0 Å². The number of hydrogen-bond acceptors (Lipinski definition) is 2. The molecule has 3 heteroatoms. The lowest BCUT2D eigenvalue weighted by Gasteiger charge is -2.23. The fourth-order valence-electron chi connectivity index (χ4n) is 1.99. The molecular weight excluding hydrogens is 226 g/mol. The molecule has 0 bridgehead atoms. The third-order valence-electron chi connectivity index (χ3n) is 3.42. The maximum absolute atomic E-state index is 12.0. The predicted octanol–water partition coefficient (Wildman–Crippen LogP) is 4.16. The Morgan fingerprint density at radius 2 is 2.06 bits per heavy atom. The lowest BCUT2D eigenvalue weighted by molar-refractivity contribution is -0.132. The van der Waals surface area contributed by atoms with Gasteiger partial charge in [0.1, 0.15) is 5.76 Å². The van der Waals surface area contributed by atoms with Crippen molar-refractivity contribution in [2.75, 3.05) is 7.05 Å². The summed E-state index contributed by atoms with van der Waals surface area (Å²) in [6, 6.07) is 3.79. The fourth-order valence-corrected chi connectivity index (χ4v) is 1.99. The Labute approximate surface area is 110 Å². The molecule has 0 N–H and O–H groups in total. The second-order valence-electron chi connectivity index (χ2n) is 4.86. The minimum Gasteiger partial charge on any atom is -0.467 e. The maximum atomic E-state index is 12.0. The molecule has 1 unspecified atom stereocenters. The number of rotatable bonds is 8. The third-order valence-corrected chi connectivity index (χ3v) is 3.42. The van der Waals surface area contributed by atoms with E-state index in [9.17, 15) is 4.79 Å². The zero-order valence-corrected chi connectivity index (χ0v) is 11.8. The van der Waals surface area contributed by atoms with E-state index in [4.69, 9.17) is 4.42 Å². The zero-order valence-electron chi connectivity index (χ0n) is 11.8. The summed E-state index contributed by atoms with van der Waals surface area (Å²) in [6.07, 6.45) is 8.19. The molecule has 0 fully saturated rings. The van der Waals surface area contributed by atoms with Gasteiger partial charge in [0, 0.05) is 13.5 Å². The van der Waals surface area contributed by atoms with Gasteiger partial charge >= 0.3 is 0 Å². The summed E-state index contributed by atoms with van der Waals surface area (Å²) in [4.78, 5) is 13.8. The first-order valence-electron chi connectivity index (χ1n) is 6.95. The summed E-state index contributed by atoms with van der Waals surface area (Å²) >= 11 is 0. The number of hydrogen-bond donors (Lipinski definition) is 0. The van der Waals surface area contributed by atoms with Gasteiger partial charge < -0.3 is 9.32 Å². The molecule has 1 aromatic rings. The quantitative estimate of drug-likeness (QED) is 0.650. The zero-order chi connectivity index (χ0) is 13.4. The van der Waals surface area contributed by atoms with Crippen molar-refractivity contribution >= 4 is 5.91 Å². The van der Waals surface area contributed by atoms with Crippen LogP contribution in [0.3, 0.4) is 0 Å². The Kier molecular flexibility index (Phi) is 6.55. The van der Waals surface area contributed by atoms with E-state index in [1.165, 1.54) is 19.3 Å². The van der Waals surface area contributed by atoms with Crippen molar-refractivity contribution < 1.29 is 9.21 Å². The minimum absolute atomic E-state index is 0.0168. The Morgan fingerprint density at radius 3 is 2.67 bits per heavy atom. The van der Waals surface area contributed by atoms with E-state index in [0.29, 0.717) is 6.42 Å². The van der Waals surface area contributed by atoms with Crippen molar-refractivity contribution in [1.82, 2.24) is 4.90 Å². The maximum Gasteiger partial charge on any atom is 0.222 e. The van der Waals surface area contributed by atoms with Gasteiger partial charge in [-0.15, -0.1) is 0 Å². The highest BCUT2D eigenvalue weighted by Crippen LogP contribution is 2.20. The van der Waals surface area contributed by atoms with Crippen molar-refractivity contribution in [2.45, 2.75) is 58.4 Å². The van der Waals surface area contributed by atoms with Crippen molar-refractivity contribution in [1.29, 1.82) is 0 Å². The molecule has 0 aliphatic carbocycles. The van der Waals surface area contributed by atoms with Crippen molar-refractivity contribution in [3.05, 3.63) is 24.2 Å². The molecule has 1 atom stereocenters. The first-order chi connectivity index (χ1) is 8.66. The normalized spacial score (nSPS) is 12.4. The Hall–Kier alpha value is -1.25. The minimum atomic E-state index is 0.0168. The Bertz CT molecular complexity index is 332. The van der Waals surface area contributed by atoms with Crippen LogP contribution in [0.4, 0.5) is 0 Å². The predicted molar refractivity (Wildman–Crippen MR) is 73.3 cm³/mol. The number of unbranched alkanes of at least 4 members (excludes halogenated alkanes) is 4. The molecule has 1 rings (SSSR count). The number of carbonyl (C=O) groups excluding carboxylic acids is 1. The van der Waals surface area contributed by atoms with Crippen LogP contribution in [-0.2, 0) is 4.79 Å². The van der Waals surface area contributed by atoms with Gasteiger partial charge in [-0.2, -0.15) is 0 Å². The Balaban J connectivity index is 2.28. The van der Waals surface area contributed by atoms with Crippen molar-refractivity contribution in [3.63, 3.8) is 0 Å². The molecule has 0 radical (unpaired) electrons. The van der Waals surface area contributed by atoms with Crippen LogP contribution >= 0.6 is 0 Å². The van der Waals surface area contributed by atoms with Gasteiger partial charge in [0.05, 0.1) is 12.3 Å². The van der Waals surface area contributed by atoms with E-state index in [0.717, 1.165) is 18.6 Å². The number of furan rings is 1. The molecule has 1 aromatic heterocycles. The second-order valence-corrected chi connectivity index (χ2v) is 4.86. The van der Waals surface area contributed by atoms with Gasteiger partial charge in [0.15, 0.2) is 0 Å². The molecule has 0 aromatic carbocycles. The fraction of sp³-hybridized carbons (Fsp3) is 0.667. The van der Waals surface area contributed by atoms with E-state index < -0.39 is 0 Å². The van der Waals surface area contributed by atoms with Gasteiger partial charge in [-0.1, -0.05) is 32.6 Å². The average Bonchev–Trinajstić information content (AvgIpc) is 2.90. The molecule has 0 saturated carbocycles. The highest BCUT2D eigenvalue weighted by Gasteiger charge is 2.18. The number of carbonyl (C=O) groups is 1. The van der Waals surface area contributed by atoms with Crippen LogP contribution in [0.2, 0.25) is 0 Å². The second kappa shape index (κ2) is 7.96. The summed E-state index contributed by atoms with van der Waals surface area (Å²) in [5, 5.41) is 0. The third kappa shape index (κ3) is 4.55. The summed E-state index contributed by atoms with van der Waals surface area (Å²) in [5.41, 5.74) is 0. The van der Waals surface area contributed by atoms with Gasteiger partial charge in [0.2, 0.25) is 5.91 Å². The molecule has 1 heterocycles. The highest BCUT2D eigenvalue weighted by molar-refractivity contribution is 5.76. The molecule has 0 aliphatic heterocycles. The van der Waals surface area contributed by atoms with E-state index >= 15 is 0 Å². The van der Waals surface area contributed by atoms with Crippen LogP contribution in [-0.4, -0.2) is 17.9 Å². The summed E-state index contributed by atoms with van der Waals surface area (Å²) < 4.78 is 5.33. The van der Waals surface area contributed by atoms with Gasteiger partial charge in [-0.25, -0.2) is 0 Å². The standard InChI is InChI=1S/C15H25NO2/c1-4-5-6-7-8-11-15(17)16(3)13(2)14-10-9-12-18-14/h9-10,12-13H,4-8,11H2,1-3H3. The number of amides is 1. The van der Waals surface area contributed by atoms with Crippen LogP contribution in [0.5, 0.6) is 0 Å². The van der Waals surface area contributed by atoms with Crippen LogP contribution in [0.1, 0.15) is 64.2 Å². The summed E-state index contributed by atoms with van der Waals surface area (Å²) in [7, 11) is 1.85. The van der Waals surface area contributed by atoms with Crippen molar-refractivity contribution in [3.8, 4) is 0 Å². The smallest absolute Gasteiger partial charge is 0.222 e. The molecule has 18 heavy (non-hydrogen) atoms.